The summed E-state index contributed by atoms with van der Waals surface area (Å²) in [6, 6.07) is 14.6. The Kier molecular flexibility index (Phi) is 5.29. The summed E-state index contributed by atoms with van der Waals surface area (Å²) in [6.07, 6.45) is 2.27. The van der Waals surface area contributed by atoms with E-state index >= 15 is 0 Å². The number of aromatic nitrogens is 2. The SMILES string of the molecule is COc1ccc(Cn2nc(C3CC3)cc2NC(=O)c2ccc(Cl)cc2Cl)cc1. The molecule has 28 heavy (non-hydrogen) atoms. The van der Waals surface area contributed by atoms with Crippen LogP contribution in [0.3, 0.4) is 0 Å². The smallest absolute Gasteiger partial charge is 0.258 e. The van der Waals surface area contributed by atoms with Gasteiger partial charge in [-0.25, -0.2) is 4.68 Å². The van der Waals surface area contributed by atoms with E-state index < -0.39 is 0 Å². The van der Waals surface area contributed by atoms with Crippen molar-refractivity contribution in [2.75, 3.05) is 12.4 Å². The first-order valence-electron chi connectivity index (χ1n) is 9.00. The number of rotatable bonds is 6. The molecule has 7 heteroatoms. The van der Waals surface area contributed by atoms with E-state index in [9.17, 15) is 4.79 Å². The summed E-state index contributed by atoms with van der Waals surface area (Å²) in [5, 5.41) is 8.45. The van der Waals surface area contributed by atoms with Crippen LogP contribution in [0.25, 0.3) is 0 Å². The molecule has 1 amide bonds. The average Bonchev–Trinajstić information content (AvgIpc) is 3.45. The molecule has 144 valence electrons. The second-order valence-corrected chi connectivity index (χ2v) is 7.66. The molecule has 0 spiro atoms. The van der Waals surface area contributed by atoms with Gasteiger partial charge in [0.05, 0.1) is 29.9 Å². The van der Waals surface area contributed by atoms with Crippen LogP contribution in [0.4, 0.5) is 5.82 Å². The van der Waals surface area contributed by atoms with Crippen LogP contribution in [0.5, 0.6) is 5.75 Å². The van der Waals surface area contributed by atoms with E-state index in [0.29, 0.717) is 33.9 Å². The molecule has 0 unspecified atom stereocenters. The molecule has 0 bridgehead atoms. The Morgan fingerprint density at radius 3 is 2.57 bits per heavy atom. The molecule has 0 aliphatic heterocycles. The maximum absolute atomic E-state index is 12.7. The van der Waals surface area contributed by atoms with Crippen LogP contribution >= 0.6 is 23.2 Å². The molecule has 0 radical (unpaired) electrons. The van der Waals surface area contributed by atoms with Crippen molar-refractivity contribution in [3.8, 4) is 5.75 Å². The lowest BCUT2D eigenvalue weighted by Crippen LogP contribution is -2.16. The Labute approximate surface area is 173 Å². The maximum atomic E-state index is 12.7. The van der Waals surface area contributed by atoms with Crippen molar-refractivity contribution in [1.29, 1.82) is 0 Å². The molecule has 5 nitrogen and oxygen atoms in total. The maximum Gasteiger partial charge on any atom is 0.258 e. The molecule has 1 fully saturated rings. The number of nitrogens with one attached hydrogen (secondary N) is 1. The first-order chi connectivity index (χ1) is 13.5. The van der Waals surface area contributed by atoms with E-state index in [0.717, 1.165) is 29.8 Å². The van der Waals surface area contributed by atoms with E-state index in [2.05, 4.69) is 5.32 Å². The number of nitrogens with zero attached hydrogens (tertiary/aromatic N) is 2. The van der Waals surface area contributed by atoms with Crippen LogP contribution in [-0.4, -0.2) is 22.8 Å². The molecule has 4 rings (SSSR count). The second kappa shape index (κ2) is 7.86. The van der Waals surface area contributed by atoms with Gasteiger partial charge in [-0.3, -0.25) is 4.79 Å². The minimum atomic E-state index is -0.292. The Morgan fingerprint density at radius 2 is 1.93 bits per heavy atom. The zero-order valence-corrected chi connectivity index (χ0v) is 16.8. The zero-order chi connectivity index (χ0) is 19.7. The molecule has 3 aromatic rings. The van der Waals surface area contributed by atoms with Crippen LogP contribution in [0.2, 0.25) is 10.0 Å². The number of halogens is 2. The number of benzene rings is 2. The van der Waals surface area contributed by atoms with Gasteiger partial charge in [0.2, 0.25) is 0 Å². The van der Waals surface area contributed by atoms with Crippen molar-refractivity contribution >= 4 is 34.9 Å². The zero-order valence-electron chi connectivity index (χ0n) is 15.3. The number of carbonyl (C=O) groups excluding carboxylic acids is 1. The number of hydrogen-bond acceptors (Lipinski definition) is 3. The summed E-state index contributed by atoms with van der Waals surface area (Å²) >= 11 is 12.1. The summed E-state index contributed by atoms with van der Waals surface area (Å²) in [5.41, 5.74) is 2.44. The van der Waals surface area contributed by atoms with Crippen LogP contribution in [0.15, 0.2) is 48.5 Å². The van der Waals surface area contributed by atoms with E-state index in [1.165, 1.54) is 0 Å². The number of ether oxygens (including phenoxy) is 1. The molecule has 1 aliphatic rings. The summed E-state index contributed by atoms with van der Waals surface area (Å²) < 4.78 is 7.02. The van der Waals surface area contributed by atoms with Gasteiger partial charge in [-0.15, -0.1) is 0 Å². The van der Waals surface area contributed by atoms with Gasteiger partial charge in [0, 0.05) is 17.0 Å². The first kappa shape index (κ1) is 18.8. The number of amides is 1. The summed E-state index contributed by atoms with van der Waals surface area (Å²) in [7, 11) is 1.64. The Balaban J connectivity index is 1.59. The van der Waals surface area contributed by atoms with E-state index in [-0.39, 0.29) is 5.91 Å². The first-order valence-corrected chi connectivity index (χ1v) is 9.76. The van der Waals surface area contributed by atoms with Crippen molar-refractivity contribution in [3.63, 3.8) is 0 Å². The van der Waals surface area contributed by atoms with Gasteiger partial charge < -0.3 is 10.1 Å². The fraction of sp³-hybridized carbons (Fsp3) is 0.238. The van der Waals surface area contributed by atoms with Gasteiger partial charge in [-0.2, -0.15) is 5.10 Å². The van der Waals surface area contributed by atoms with Crippen molar-refractivity contribution in [2.24, 2.45) is 0 Å². The molecule has 1 saturated carbocycles. The Hall–Kier alpha value is -2.50. The van der Waals surface area contributed by atoms with Crippen molar-refractivity contribution < 1.29 is 9.53 Å². The molecule has 1 heterocycles. The third kappa shape index (κ3) is 4.16. The molecule has 0 atom stereocenters. The standard InChI is InChI=1S/C21H19Cl2N3O2/c1-28-16-7-2-13(3-8-16)12-26-20(11-19(25-26)14-4-5-14)24-21(27)17-9-6-15(22)10-18(17)23/h2-3,6-11,14H,4-5,12H2,1H3,(H,24,27). The molecule has 2 aromatic carbocycles. The van der Waals surface area contributed by atoms with Crippen LogP contribution in [-0.2, 0) is 6.54 Å². The highest BCUT2D eigenvalue weighted by Gasteiger charge is 2.28. The van der Waals surface area contributed by atoms with Gasteiger partial charge >= 0.3 is 0 Å². The van der Waals surface area contributed by atoms with Gasteiger partial charge in [-0.05, 0) is 48.7 Å². The Morgan fingerprint density at radius 1 is 1.18 bits per heavy atom. The van der Waals surface area contributed by atoms with Crippen molar-refractivity contribution in [3.05, 3.63) is 75.4 Å². The van der Waals surface area contributed by atoms with E-state index in [1.807, 2.05) is 35.0 Å². The largest absolute Gasteiger partial charge is 0.497 e. The predicted octanol–water partition coefficient (Wildman–Crippen LogP) is 5.38. The van der Waals surface area contributed by atoms with E-state index in [1.54, 1.807) is 25.3 Å². The molecule has 1 N–H and O–H groups in total. The molecular weight excluding hydrogens is 397 g/mol. The highest BCUT2D eigenvalue weighted by molar-refractivity contribution is 6.37. The van der Waals surface area contributed by atoms with Gasteiger partial charge in [0.15, 0.2) is 0 Å². The number of hydrogen-bond donors (Lipinski definition) is 1. The van der Waals surface area contributed by atoms with Crippen LogP contribution in [0, 0.1) is 0 Å². The van der Waals surface area contributed by atoms with Gasteiger partial charge in [0.1, 0.15) is 11.6 Å². The molecular formula is C21H19Cl2N3O2. The summed E-state index contributed by atoms with van der Waals surface area (Å²) in [5.74, 6) is 1.63. The topological polar surface area (TPSA) is 56.1 Å². The average molecular weight is 416 g/mol. The minimum absolute atomic E-state index is 0.292. The van der Waals surface area contributed by atoms with Crippen LogP contribution < -0.4 is 10.1 Å². The lowest BCUT2D eigenvalue weighted by molar-refractivity contribution is 0.102. The molecule has 0 saturated heterocycles. The Bertz CT molecular complexity index is 1010. The monoisotopic (exact) mass is 415 g/mol. The third-order valence-corrected chi connectivity index (χ3v) is 5.25. The minimum Gasteiger partial charge on any atom is -0.497 e. The van der Waals surface area contributed by atoms with Crippen LogP contribution in [0.1, 0.15) is 40.4 Å². The summed E-state index contributed by atoms with van der Waals surface area (Å²) in [4.78, 5) is 12.7. The van der Waals surface area contributed by atoms with Gasteiger partial charge in [0.25, 0.3) is 5.91 Å². The third-order valence-electron chi connectivity index (χ3n) is 4.70. The highest BCUT2D eigenvalue weighted by Crippen LogP contribution is 2.40. The predicted molar refractivity (Wildman–Crippen MR) is 111 cm³/mol. The number of methoxy groups -OCH3 is 1. The lowest BCUT2D eigenvalue weighted by atomic mass is 10.2. The second-order valence-electron chi connectivity index (χ2n) is 6.81. The normalized spacial score (nSPS) is 13.4. The molecule has 1 aromatic heterocycles. The molecule has 1 aliphatic carbocycles. The fourth-order valence-corrected chi connectivity index (χ4v) is 3.49. The number of anilines is 1. The number of carbonyl (C=O) groups is 1. The van der Waals surface area contributed by atoms with Crippen molar-refractivity contribution in [1.82, 2.24) is 9.78 Å². The summed E-state index contributed by atoms with van der Waals surface area (Å²) in [6.45, 7) is 0.542. The lowest BCUT2D eigenvalue weighted by Gasteiger charge is -2.10. The fourth-order valence-electron chi connectivity index (χ4n) is 3.00. The van der Waals surface area contributed by atoms with Crippen molar-refractivity contribution in [2.45, 2.75) is 25.3 Å². The van der Waals surface area contributed by atoms with E-state index in [4.69, 9.17) is 33.0 Å². The highest BCUT2D eigenvalue weighted by atomic mass is 35.5. The quantitative estimate of drug-likeness (QED) is 0.587. The van der Waals surface area contributed by atoms with Gasteiger partial charge in [-0.1, -0.05) is 35.3 Å².